The summed E-state index contributed by atoms with van der Waals surface area (Å²) in [5, 5.41) is 6.24. The van der Waals surface area contributed by atoms with Gasteiger partial charge in [0, 0.05) is 50.0 Å². The lowest BCUT2D eigenvalue weighted by atomic mass is 10.2. The number of hydrogen-bond donors (Lipinski definition) is 0. The van der Waals surface area contributed by atoms with E-state index in [1.807, 2.05) is 27.8 Å². The molecule has 8 nitrogen and oxygen atoms in total. The normalized spacial score (nSPS) is 15.0. The molecule has 0 unspecified atom stereocenters. The van der Waals surface area contributed by atoms with Gasteiger partial charge in [0.05, 0.1) is 11.8 Å². The molecule has 5 rings (SSSR count). The Morgan fingerprint density at radius 3 is 2.72 bits per heavy atom. The van der Waals surface area contributed by atoms with Crippen molar-refractivity contribution in [2.75, 3.05) is 31.1 Å². The highest BCUT2D eigenvalue weighted by atomic mass is 32.1. The van der Waals surface area contributed by atoms with Gasteiger partial charge in [0.25, 0.3) is 5.91 Å². The molecule has 1 fully saturated rings. The predicted octanol–water partition coefficient (Wildman–Crippen LogP) is 2.98. The van der Waals surface area contributed by atoms with Gasteiger partial charge in [0.1, 0.15) is 10.3 Å². The van der Waals surface area contributed by atoms with Gasteiger partial charge >= 0.3 is 0 Å². The van der Waals surface area contributed by atoms with Gasteiger partial charge < -0.3 is 9.80 Å². The smallest absolute Gasteiger partial charge is 0.255 e. The number of rotatable bonds is 3. The van der Waals surface area contributed by atoms with Gasteiger partial charge in [-0.25, -0.2) is 19.6 Å². The number of pyridine rings is 2. The Labute approximate surface area is 171 Å². The standard InChI is InChI=1S/C20H21N7OS/c1-13(2)27-17-14(12-23-27)10-15(11-22-17)19(28)25-6-8-26(9-7-25)20-24-16-4-3-5-21-18(16)29-20/h3-5,10-13H,6-9H2,1-2H3. The Bertz CT molecular complexity index is 1160. The Morgan fingerprint density at radius 2 is 1.97 bits per heavy atom. The fraction of sp³-hybridized carbons (Fsp3) is 0.350. The number of carbonyl (C=O) groups excluding carboxylic acids is 1. The molecule has 0 saturated carbocycles. The SMILES string of the molecule is CC(C)n1ncc2cc(C(=O)N3CCN(c4nc5cccnc5s4)CC3)cnc21. The summed E-state index contributed by atoms with van der Waals surface area (Å²) in [4.78, 5) is 31.6. The first-order valence-electron chi connectivity index (χ1n) is 9.69. The number of carbonyl (C=O) groups is 1. The third-order valence-electron chi connectivity index (χ3n) is 5.16. The number of anilines is 1. The van der Waals surface area contributed by atoms with Gasteiger partial charge in [0.15, 0.2) is 10.8 Å². The Morgan fingerprint density at radius 1 is 1.14 bits per heavy atom. The summed E-state index contributed by atoms with van der Waals surface area (Å²) in [6.07, 6.45) is 5.23. The van der Waals surface area contributed by atoms with Gasteiger partial charge in [-0.2, -0.15) is 5.10 Å². The van der Waals surface area contributed by atoms with Crippen molar-refractivity contribution in [3.05, 3.63) is 42.4 Å². The van der Waals surface area contributed by atoms with Crippen molar-refractivity contribution in [2.45, 2.75) is 19.9 Å². The summed E-state index contributed by atoms with van der Waals surface area (Å²) in [5.74, 6) is 0.0160. The predicted molar refractivity (Wildman–Crippen MR) is 113 cm³/mol. The van der Waals surface area contributed by atoms with Gasteiger partial charge in [-0.05, 0) is 32.0 Å². The highest BCUT2D eigenvalue weighted by Gasteiger charge is 2.24. The number of nitrogens with zero attached hydrogens (tertiary/aromatic N) is 7. The Hall–Kier alpha value is -3.07. The molecule has 4 aromatic rings. The Balaban J connectivity index is 1.30. The highest BCUT2D eigenvalue weighted by molar-refractivity contribution is 7.21. The molecule has 5 heterocycles. The summed E-state index contributed by atoms with van der Waals surface area (Å²) in [6.45, 7) is 6.96. The first-order chi connectivity index (χ1) is 14.1. The van der Waals surface area contributed by atoms with E-state index >= 15 is 0 Å². The van der Waals surface area contributed by atoms with Crippen molar-refractivity contribution in [1.29, 1.82) is 0 Å². The van der Waals surface area contributed by atoms with Crippen molar-refractivity contribution in [3.63, 3.8) is 0 Å². The minimum Gasteiger partial charge on any atom is -0.344 e. The van der Waals surface area contributed by atoms with Crippen LogP contribution < -0.4 is 4.90 Å². The molecule has 29 heavy (non-hydrogen) atoms. The number of piperazine rings is 1. The zero-order valence-electron chi connectivity index (χ0n) is 16.3. The van der Waals surface area contributed by atoms with Gasteiger partial charge in [-0.1, -0.05) is 11.3 Å². The number of amides is 1. The van der Waals surface area contributed by atoms with Crippen LogP contribution in [0.25, 0.3) is 21.4 Å². The minimum atomic E-state index is 0.0160. The summed E-state index contributed by atoms with van der Waals surface area (Å²) < 4.78 is 1.87. The van der Waals surface area contributed by atoms with Crippen molar-refractivity contribution in [1.82, 2.24) is 29.6 Å². The monoisotopic (exact) mass is 407 g/mol. The lowest BCUT2D eigenvalue weighted by Crippen LogP contribution is -2.48. The maximum Gasteiger partial charge on any atom is 0.255 e. The molecule has 1 saturated heterocycles. The molecule has 0 aliphatic carbocycles. The van der Waals surface area contributed by atoms with E-state index in [0.717, 1.165) is 39.6 Å². The van der Waals surface area contributed by atoms with Crippen molar-refractivity contribution >= 4 is 43.8 Å². The van der Waals surface area contributed by atoms with Crippen LogP contribution >= 0.6 is 11.3 Å². The van der Waals surface area contributed by atoms with E-state index in [2.05, 4.69) is 38.8 Å². The molecule has 0 aromatic carbocycles. The lowest BCUT2D eigenvalue weighted by Gasteiger charge is -2.34. The van der Waals surface area contributed by atoms with Crippen LogP contribution in [0.2, 0.25) is 0 Å². The minimum absolute atomic E-state index is 0.0160. The molecule has 0 atom stereocenters. The zero-order chi connectivity index (χ0) is 20.0. The van der Waals surface area contributed by atoms with E-state index in [-0.39, 0.29) is 11.9 Å². The fourth-order valence-electron chi connectivity index (χ4n) is 3.61. The summed E-state index contributed by atoms with van der Waals surface area (Å²) in [6, 6.07) is 6.00. The van der Waals surface area contributed by atoms with E-state index in [0.29, 0.717) is 18.7 Å². The molecular weight excluding hydrogens is 386 g/mol. The van der Waals surface area contributed by atoms with Gasteiger partial charge in [-0.15, -0.1) is 0 Å². The summed E-state index contributed by atoms with van der Waals surface area (Å²) in [5.41, 5.74) is 2.34. The van der Waals surface area contributed by atoms with E-state index < -0.39 is 0 Å². The molecule has 1 aliphatic heterocycles. The largest absolute Gasteiger partial charge is 0.344 e. The second-order valence-corrected chi connectivity index (χ2v) is 8.38. The third-order valence-corrected chi connectivity index (χ3v) is 6.20. The van der Waals surface area contributed by atoms with Crippen LogP contribution in [-0.2, 0) is 0 Å². The average molecular weight is 408 g/mol. The topological polar surface area (TPSA) is 80.0 Å². The first-order valence-corrected chi connectivity index (χ1v) is 10.5. The highest BCUT2D eigenvalue weighted by Crippen LogP contribution is 2.28. The molecule has 9 heteroatoms. The van der Waals surface area contributed by atoms with Crippen LogP contribution in [-0.4, -0.2) is 61.7 Å². The van der Waals surface area contributed by atoms with E-state index in [4.69, 9.17) is 0 Å². The maximum absolute atomic E-state index is 13.0. The molecule has 1 aliphatic rings. The first kappa shape index (κ1) is 18.0. The van der Waals surface area contributed by atoms with Crippen molar-refractivity contribution in [2.24, 2.45) is 0 Å². The fourth-order valence-corrected chi connectivity index (χ4v) is 4.57. The Kier molecular flexibility index (Phi) is 4.39. The summed E-state index contributed by atoms with van der Waals surface area (Å²) in [7, 11) is 0. The second-order valence-electron chi connectivity index (χ2n) is 7.42. The molecule has 4 aromatic heterocycles. The van der Waals surface area contributed by atoms with E-state index in [1.165, 1.54) is 0 Å². The van der Waals surface area contributed by atoms with Crippen LogP contribution in [0.3, 0.4) is 0 Å². The third kappa shape index (κ3) is 3.21. The second kappa shape index (κ2) is 7.07. The zero-order valence-corrected chi connectivity index (χ0v) is 17.1. The van der Waals surface area contributed by atoms with Crippen LogP contribution in [0, 0.1) is 0 Å². The number of fused-ring (bicyclic) bond motifs is 2. The lowest BCUT2D eigenvalue weighted by molar-refractivity contribution is 0.0746. The molecular formula is C20H21N7OS. The molecule has 0 radical (unpaired) electrons. The van der Waals surface area contributed by atoms with Gasteiger partial charge in [-0.3, -0.25) is 4.79 Å². The number of aromatic nitrogens is 5. The molecule has 0 N–H and O–H groups in total. The quantitative estimate of drug-likeness (QED) is 0.519. The average Bonchev–Trinajstić information content (AvgIpc) is 3.37. The molecule has 0 spiro atoms. The molecule has 0 bridgehead atoms. The molecule has 1 amide bonds. The van der Waals surface area contributed by atoms with Crippen LogP contribution in [0.1, 0.15) is 30.2 Å². The van der Waals surface area contributed by atoms with E-state index in [9.17, 15) is 4.79 Å². The maximum atomic E-state index is 13.0. The van der Waals surface area contributed by atoms with Crippen LogP contribution in [0.4, 0.5) is 5.13 Å². The number of hydrogen-bond acceptors (Lipinski definition) is 7. The van der Waals surface area contributed by atoms with Crippen LogP contribution in [0.5, 0.6) is 0 Å². The summed E-state index contributed by atoms with van der Waals surface area (Å²) >= 11 is 1.60. The van der Waals surface area contributed by atoms with Crippen molar-refractivity contribution in [3.8, 4) is 0 Å². The van der Waals surface area contributed by atoms with E-state index in [1.54, 1.807) is 29.9 Å². The molecule has 148 valence electrons. The van der Waals surface area contributed by atoms with Crippen molar-refractivity contribution < 1.29 is 4.79 Å². The van der Waals surface area contributed by atoms with Gasteiger partial charge in [0.2, 0.25) is 0 Å². The van der Waals surface area contributed by atoms with Crippen LogP contribution in [0.15, 0.2) is 36.8 Å². The number of thiazole rings is 1.